The van der Waals surface area contributed by atoms with Crippen LogP contribution in [0.4, 0.5) is 17.8 Å². The largest absolute Gasteiger partial charge is 0.347 e. The van der Waals surface area contributed by atoms with Crippen LogP contribution in [-0.4, -0.2) is 35.6 Å². The lowest BCUT2D eigenvalue weighted by molar-refractivity contribution is 0.713. The number of nitrogens with one attached hydrogen (secondary N) is 1. The summed E-state index contributed by atoms with van der Waals surface area (Å²) in [5, 5.41) is 2.14. The van der Waals surface area contributed by atoms with Crippen molar-refractivity contribution in [3.63, 3.8) is 0 Å². The van der Waals surface area contributed by atoms with E-state index in [1.807, 2.05) is 30.3 Å². The number of hydrazine groups is 1. The fourth-order valence-electron chi connectivity index (χ4n) is 2.18. The third kappa shape index (κ3) is 2.39. The summed E-state index contributed by atoms with van der Waals surface area (Å²) in [5.41, 5.74) is 3.86. The van der Waals surface area contributed by atoms with Crippen molar-refractivity contribution in [2.24, 2.45) is 5.84 Å². The Kier molecular flexibility index (Phi) is 3.41. The van der Waals surface area contributed by atoms with Crippen LogP contribution in [0.5, 0.6) is 0 Å². The average Bonchev–Trinajstić information content (AvgIpc) is 2.94. The lowest BCUT2D eigenvalue weighted by Crippen LogP contribution is -2.32. The number of anilines is 3. The molecule has 1 aliphatic rings. The Morgan fingerprint density at radius 1 is 1.35 bits per heavy atom. The van der Waals surface area contributed by atoms with Gasteiger partial charge in [0.05, 0.1) is 0 Å². The molecule has 0 aliphatic carbocycles. The van der Waals surface area contributed by atoms with Crippen LogP contribution in [-0.2, 0) is 13.0 Å². The SMILES string of the molecule is CN(C)c1nc(NN)nc(N2CCc3sccc3C2)n1. The predicted molar refractivity (Wildman–Crippen MR) is 81.0 cm³/mol. The van der Waals surface area contributed by atoms with Crippen LogP contribution in [0.1, 0.15) is 10.4 Å². The molecular weight excluding hydrogens is 274 g/mol. The molecule has 0 bridgehead atoms. The molecule has 0 spiro atoms. The zero-order valence-electron chi connectivity index (χ0n) is 11.5. The fraction of sp³-hybridized carbons (Fsp3) is 0.417. The van der Waals surface area contributed by atoms with Crippen molar-refractivity contribution in [2.45, 2.75) is 13.0 Å². The van der Waals surface area contributed by atoms with Crippen molar-refractivity contribution >= 4 is 29.2 Å². The van der Waals surface area contributed by atoms with Gasteiger partial charge in [0.2, 0.25) is 17.8 Å². The van der Waals surface area contributed by atoms with Gasteiger partial charge in [-0.2, -0.15) is 15.0 Å². The van der Waals surface area contributed by atoms with Crippen molar-refractivity contribution in [2.75, 3.05) is 35.9 Å². The molecule has 0 amide bonds. The lowest BCUT2D eigenvalue weighted by atomic mass is 10.1. The monoisotopic (exact) mass is 291 g/mol. The van der Waals surface area contributed by atoms with Crippen LogP contribution in [0, 0.1) is 0 Å². The van der Waals surface area contributed by atoms with Crippen LogP contribution >= 0.6 is 11.3 Å². The first-order valence-corrected chi connectivity index (χ1v) is 7.25. The van der Waals surface area contributed by atoms with Gasteiger partial charge >= 0.3 is 0 Å². The van der Waals surface area contributed by atoms with Gasteiger partial charge in [-0.15, -0.1) is 11.3 Å². The van der Waals surface area contributed by atoms with Gasteiger partial charge in [0.1, 0.15) is 0 Å². The van der Waals surface area contributed by atoms with E-state index in [0.29, 0.717) is 17.8 Å². The average molecular weight is 291 g/mol. The Bertz CT molecular complexity index is 610. The molecule has 106 valence electrons. The van der Waals surface area contributed by atoms with Gasteiger partial charge in [-0.05, 0) is 23.4 Å². The Labute approximate surface area is 121 Å². The van der Waals surface area contributed by atoms with E-state index in [1.165, 1.54) is 10.4 Å². The number of nitrogens with zero attached hydrogens (tertiary/aromatic N) is 5. The molecule has 2 aromatic heterocycles. The Morgan fingerprint density at radius 2 is 2.20 bits per heavy atom. The molecule has 0 saturated heterocycles. The maximum atomic E-state index is 5.44. The normalized spacial score (nSPS) is 14.1. The highest BCUT2D eigenvalue weighted by molar-refractivity contribution is 7.10. The van der Waals surface area contributed by atoms with Crippen LogP contribution in [0.3, 0.4) is 0 Å². The summed E-state index contributed by atoms with van der Waals surface area (Å²) in [4.78, 5) is 18.5. The van der Waals surface area contributed by atoms with E-state index in [2.05, 4.69) is 36.7 Å². The standard InChI is InChI=1S/C12H17N7S/c1-18(2)11-14-10(17-13)15-12(16-11)19-5-3-9-8(7-19)4-6-20-9/h4,6H,3,5,7,13H2,1-2H3,(H,14,15,16,17). The second-order valence-electron chi connectivity index (χ2n) is 4.84. The van der Waals surface area contributed by atoms with Crippen LogP contribution in [0.2, 0.25) is 0 Å². The molecule has 8 heteroatoms. The molecule has 3 N–H and O–H groups in total. The summed E-state index contributed by atoms with van der Waals surface area (Å²) < 4.78 is 0. The highest BCUT2D eigenvalue weighted by Gasteiger charge is 2.21. The van der Waals surface area contributed by atoms with Crippen molar-refractivity contribution in [3.05, 3.63) is 21.9 Å². The number of nitrogens with two attached hydrogens (primary N) is 1. The predicted octanol–water partition coefficient (Wildman–Crippen LogP) is 0.847. The minimum Gasteiger partial charge on any atom is -0.347 e. The van der Waals surface area contributed by atoms with Crippen molar-refractivity contribution in [1.29, 1.82) is 0 Å². The van der Waals surface area contributed by atoms with Crippen LogP contribution in [0.25, 0.3) is 0 Å². The lowest BCUT2D eigenvalue weighted by Gasteiger charge is -2.27. The van der Waals surface area contributed by atoms with Gasteiger partial charge in [-0.3, -0.25) is 5.43 Å². The summed E-state index contributed by atoms with van der Waals surface area (Å²) in [6.45, 7) is 1.74. The first-order chi connectivity index (χ1) is 9.67. The van der Waals surface area contributed by atoms with Crippen molar-refractivity contribution < 1.29 is 0 Å². The highest BCUT2D eigenvalue weighted by atomic mass is 32.1. The number of hydrogen-bond acceptors (Lipinski definition) is 8. The van der Waals surface area contributed by atoms with Crippen molar-refractivity contribution in [3.8, 4) is 0 Å². The number of fused-ring (bicyclic) bond motifs is 1. The van der Waals surface area contributed by atoms with E-state index in [1.54, 1.807) is 0 Å². The Hall–Kier alpha value is -1.93. The number of hydrogen-bond donors (Lipinski definition) is 2. The number of thiophene rings is 1. The maximum absolute atomic E-state index is 5.44. The van der Waals surface area contributed by atoms with E-state index in [-0.39, 0.29) is 0 Å². The second-order valence-corrected chi connectivity index (χ2v) is 5.84. The molecule has 3 heterocycles. The highest BCUT2D eigenvalue weighted by Crippen LogP contribution is 2.26. The molecule has 0 fully saturated rings. The van der Waals surface area contributed by atoms with E-state index < -0.39 is 0 Å². The first-order valence-electron chi connectivity index (χ1n) is 6.37. The number of nitrogen functional groups attached to an aromatic ring is 1. The van der Waals surface area contributed by atoms with Crippen molar-refractivity contribution in [1.82, 2.24) is 15.0 Å². The summed E-state index contributed by atoms with van der Waals surface area (Å²) in [6.07, 6.45) is 1.03. The Morgan fingerprint density at radius 3 is 2.95 bits per heavy atom. The smallest absolute Gasteiger partial charge is 0.243 e. The van der Waals surface area contributed by atoms with Gasteiger partial charge in [-0.25, -0.2) is 5.84 Å². The van der Waals surface area contributed by atoms with E-state index in [0.717, 1.165) is 19.5 Å². The van der Waals surface area contributed by atoms with Gasteiger partial charge in [0.15, 0.2) is 0 Å². The topological polar surface area (TPSA) is 83.2 Å². The quantitative estimate of drug-likeness (QED) is 0.640. The summed E-state index contributed by atoms with van der Waals surface area (Å²) in [5.74, 6) is 7.08. The summed E-state index contributed by atoms with van der Waals surface area (Å²) in [7, 11) is 3.79. The third-order valence-electron chi connectivity index (χ3n) is 3.23. The molecule has 0 atom stereocenters. The summed E-state index contributed by atoms with van der Waals surface area (Å²) >= 11 is 1.82. The van der Waals surface area contributed by atoms with Crippen LogP contribution in [0.15, 0.2) is 11.4 Å². The van der Waals surface area contributed by atoms with E-state index in [4.69, 9.17) is 5.84 Å². The number of rotatable bonds is 3. The molecule has 0 aromatic carbocycles. The number of aromatic nitrogens is 3. The van der Waals surface area contributed by atoms with Gasteiger partial charge in [-0.1, -0.05) is 0 Å². The molecule has 0 saturated carbocycles. The molecule has 0 unspecified atom stereocenters. The van der Waals surface area contributed by atoms with E-state index >= 15 is 0 Å². The van der Waals surface area contributed by atoms with E-state index in [9.17, 15) is 0 Å². The third-order valence-corrected chi connectivity index (χ3v) is 4.25. The molecule has 20 heavy (non-hydrogen) atoms. The molecular formula is C12H17N7S. The Balaban J connectivity index is 1.92. The molecule has 7 nitrogen and oxygen atoms in total. The van der Waals surface area contributed by atoms with Gasteiger partial charge in [0.25, 0.3) is 0 Å². The molecule has 3 rings (SSSR count). The minimum atomic E-state index is 0.384. The molecule has 1 aliphatic heterocycles. The minimum absolute atomic E-state index is 0.384. The molecule has 2 aromatic rings. The maximum Gasteiger partial charge on any atom is 0.243 e. The second kappa shape index (κ2) is 5.22. The van der Waals surface area contributed by atoms with Gasteiger partial charge in [0, 0.05) is 32.1 Å². The first kappa shape index (κ1) is 13.1. The summed E-state index contributed by atoms with van der Waals surface area (Å²) in [6, 6.07) is 2.17. The fourth-order valence-corrected chi connectivity index (χ4v) is 3.07. The van der Waals surface area contributed by atoms with Gasteiger partial charge < -0.3 is 9.80 Å². The molecule has 0 radical (unpaired) electrons. The van der Waals surface area contributed by atoms with Crippen LogP contribution < -0.4 is 21.1 Å². The zero-order chi connectivity index (χ0) is 14.1. The zero-order valence-corrected chi connectivity index (χ0v) is 12.3.